The number of ether oxygens (including phenoxy) is 3. The second kappa shape index (κ2) is 73.7. The first-order chi connectivity index (χ1) is 66.1. The van der Waals surface area contributed by atoms with E-state index in [2.05, 4.69) is 264 Å². The summed E-state index contributed by atoms with van der Waals surface area (Å²) in [5, 5.41) is 55.9. The quantitative estimate of drug-likeness (QED) is 0.0202. The fraction of sp³-hybridized carbons (Fsp3) is 0.655. The molecule has 796 valence electrons. The summed E-state index contributed by atoms with van der Waals surface area (Å²) in [7, 11) is -11.4. The van der Waals surface area contributed by atoms with Crippen molar-refractivity contribution in [2.45, 2.75) is 470 Å². The second-order valence-electron chi connectivity index (χ2n) is 40.6. The first-order valence-electron chi connectivity index (χ1n) is 52.1. The van der Waals surface area contributed by atoms with E-state index in [1.54, 1.807) is 0 Å². The van der Waals surface area contributed by atoms with Crippen LogP contribution < -0.4 is 10.6 Å². The highest BCUT2D eigenvalue weighted by atomic mass is 31.3. The first-order valence-corrected chi connectivity index (χ1v) is 55.1. The normalized spacial score (nSPS) is 22.1. The minimum atomic E-state index is -5.94. The van der Waals surface area contributed by atoms with Crippen LogP contribution in [0.1, 0.15) is 403 Å². The average molecular weight is 2000 g/mol. The Morgan fingerprint density at radius 3 is 0.800 bits per heavy atom. The monoisotopic (exact) mass is 2000 g/mol. The Balaban J connectivity index is 1.60. The molecular weight excluding hydrogens is 1810 g/mol. The lowest BCUT2D eigenvalue weighted by Gasteiger charge is -2.48. The SMILES string of the molecule is CC(=O)N[C@H]1[C@H](O[C@H]2[C@H](O)[C@@H](NC(=O)C(F)(F)F)[C@@H](OP(=O)(O)OP(=O)(O)OCCC(C)CC/C=C(\C)CC/C=C(\C)CC/C=C(\C)CC/C=C(\C)CC/C=C(\C)CC/C=C(/C)CC/C=C(\C)CC/C=C(\C)CC/C=C(\C)CC/C=C(\C)CC/C=C(/C)CC/C=C(\C)CC/C=C(\C)CC/C=C(\C)CC/C=C(\C)CC/C=C(\C)CC/C=C(\C)CC/C=C(/C)CCC=C(C)C)O[C@@H]2CO)O[C@H](CO)[C@@H](O)[C@@H]1O. The summed E-state index contributed by atoms with van der Waals surface area (Å²) >= 11 is 0. The van der Waals surface area contributed by atoms with Crippen LogP contribution in [0.25, 0.3) is 0 Å². The summed E-state index contributed by atoms with van der Waals surface area (Å²) in [5.74, 6) is -3.60. The molecule has 0 aromatic rings. The molecule has 2 aliphatic heterocycles. The average Bonchev–Trinajstić information content (AvgIpc) is 0.768. The Bertz CT molecular complexity index is 4400. The van der Waals surface area contributed by atoms with Crippen molar-refractivity contribution in [3.8, 4) is 0 Å². The molecule has 3 unspecified atom stereocenters. The fourth-order valence-electron chi connectivity index (χ4n) is 16.6. The van der Waals surface area contributed by atoms with E-state index in [9.17, 15) is 67.2 Å². The van der Waals surface area contributed by atoms with Gasteiger partial charge in [-0.25, -0.2) is 9.13 Å². The molecule has 2 rings (SSSR count). The molecule has 19 nitrogen and oxygen atoms in total. The zero-order valence-electron chi connectivity index (χ0n) is 90.3. The number of halogens is 3. The van der Waals surface area contributed by atoms with Gasteiger partial charge in [-0.15, -0.1) is 0 Å². The van der Waals surface area contributed by atoms with E-state index in [1.807, 2.05) is 6.92 Å². The van der Waals surface area contributed by atoms with E-state index in [0.717, 1.165) is 225 Å². The van der Waals surface area contributed by atoms with Crippen LogP contribution in [0, 0.1) is 5.92 Å². The predicted octanol–water partition coefficient (Wildman–Crippen LogP) is 30.5. The molecule has 0 aromatic heterocycles. The molecule has 9 N–H and O–H groups in total. The van der Waals surface area contributed by atoms with E-state index in [4.69, 9.17) is 23.3 Å². The number of hydrogen-bond acceptors (Lipinski definition) is 15. The Morgan fingerprint density at radius 1 is 0.329 bits per heavy atom. The summed E-state index contributed by atoms with van der Waals surface area (Å²) in [4.78, 5) is 45.2. The van der Waals surface area contributed by atoms with Crippen LogP contribution in [0.2, 0.25) is 0 Å². The lowest BCUT2D eigenvalue weighted by molar-refractivity contribution is -0.326. The maximum atomic E-state index is 13.6. The van der Waals surface area contributed by atoms with E-state index < -0.39 is 115 Å². The van der Waals surface area contributed by atoms with Gasteiger partial charge in [0.1, 0.15) is 48.7 Å². The highest BCUT2D eigenvalue weighted by Gasteiger charge is 2.55. The standard InChI is InChI=1S/C116H189F3N2O17P2/c1-84(2)42-23-43-85(3)44-24-45-86(4)46-25-47-87(5)48-26-49-88(6)50-27-51-89(7)52-28-53-90(8)54-29-55-91(9)56-30-57-92(10)58-31-59-93(11)60-32-61-94(12)62-33-63-95(13)64-34-65-96(14)66-35-67-97(15)68-36-69-98(16)70-37-71-99(17)72-38-73-100(18)74-39-75-101(19)76-40-77-102(20)78-41-79-103(21)80-81-133-139(129,130)138-140(131,132)137-114-108(121-115(128)116(117,118)119)111(127)112(106(83-123)135-114)136-113-107(120-104(22)124)110(126)109(125)105(82-122)134-113/h42,44,46,48,50,52,54,56,58,60,62,64,66,68,70,72,74,76,78,103,105-114,122-123,125-127H,23-41,43,45,47,49,51,53,55,57,59,61,63,65,67,69,71,73,75,77,79-83H2,1-22H3,(H,120,124)(H,121,128)(H,129,130)(H,131,132)/b85-44-,86-46+,87-48+,88-50+,89-52+,90-54+,91-56+,92-58-,93-60+,94-62+,95-64+,96-66+,97-68-,98-70+,99-72+,100-74+,101-76+,102-78+/t103?,105-,106-,107-,108-,109-,110-,111-,112-,113+,114-/m1/s1. The molecular formula is C116H189F3N2O17P2. The van der Waals surface area contributed by atoms with Crippen LogP contribution in [0.3, 0.4) is 0 Å². The van der Waals surface area contributed by atoms with Crippen molar-refractivity contribution in [3.63, 3.8) is 0 Å². The van der Waals surface area contributed by atoms with Crippen molar-refractivity contribution in [3.05, 3.63) is 221 Å². The molecule has 0 radical (unpaired) electrons. The number of phosphoric acid groups is 2. The molecule has 13 atom stereocenters. The summed E-state index contributed by atoms with van der Waals surface area (Å²) < 4.78 is 97.4. The third kappa shape index (κ3) is 63.9. The van der Waals surface area contributed by atoms with Gasteiger partial charge in [-0.1, -0.05) is 228 Å². The van der Waals surface area contributed by atoms with E-state index in [1.165, 1.54) is 124 Å². The third-order valence-corrected chi connectivity index (χ3v) is 28.7. The van der Waals surface area contributed by atoms with Gasteiger partial charge in [-0.3, -0.25) is 18.6 Å². The molecule has 2 saturated heterocycles. The van der Waals surface area contributed by atoms with Gasteiger partial charge in [-0.05, 0) is 395 Å². The van der Waals surface area contributed by atoms with Crippen molar-refractivity contribution < 1.29 is 94.8 Å². The number of alkyl halides is 3. The van der Waals surface area contributed by atoms with Crippen LogP contribution in [-0.4, -0.2) is 134 Å². The van der Waals surface area contributed by atoms with Crippen LogP contribution in [0.15, 0.2) is 221 Å². The molecule has 0 saturated carbocycles. The van der Waals surface area contributed by atoms with Gasteiger partial charge in [-0.2, -0.15) is 17.5 Å². The van der Waals surface area contributed by atoms with Crippen LogP contribution >= 0.6 is 15.6 Å². The number of aliphatic hydroxyl groups excluding tert-OH is 5. The van der Waals surface area contributed by atoms with Gasteiger partial charge in [0.25, 0.3) is 0 Å². The van der Waals surface area contributed by atoms with E-state index in [-0.39, 0.29) is 12.3 Å². The zero-order chi connectivity index (χ0) is 105. The van der Waals surface area contributed by atoms with Crippen LogP contribution in [0.4, 0.5) is 13.2 Å². The molecule has 2 heterocycles. The zero-order valence-corrected chi connectivity index (χ0v) is 92.0. The number of hydrogen-bond donors (Lipinski definition) is 9. The number of amides is 2. The van der Waals surface area contributed by atoms with E-state index in [0.29, 0.717) is 12.8 Å². The number of phosphoric ester groups is 2. The Hall–Kier alpha value is -6.27. The number of rotatable bonds is 71. The van der Waals surface area contributed by atoms with Gasteiger partial charge >= 0.3 is 27.7 Å². The van der Waals surface area contributed by atoms with Crippen molar-refractivity contribution in [2.75, 3.05) is 19.8 Å². The number of nitrogens with one attached hydrogen (secondary N) is 2. The summed E-state index contributed by atoms with van der Waals surface area (Å²) in [5.41, 5.74) is 27.8. The van der Waals surface area contributed by atoms with E-state index >= 15 is 0 Å². The summed E-state index contributed by atoms with van der Waals surface area (Å²) in [6, 6.07) is -4.20. The van der Waals surface area contributed by atoms with Crippen molar-refractivity contribution in [2.24, 2.45) is 5.92 Å². The van der Waals surface area contributed by atoms with Crippen molar-refractivity contribution in [1.82, 2.24) is 10.6 Å². The number of allylic oxidation sites excluding steroid dienone is 38. The smallest absolute Gasteiger partial charge is 0.394 e. The maximum absolute atomic E-state index is 13.6. The molecule has 0 aliphatic carbocycles. The van der Waals surface area contributed by atoms with Gasteiger partial charge in [0.2, 0.25) is 5.91 Å². The summed E-state index contributed by atoms with van der Waals surface area (Å²) in [6.45, 7) is 45.5. The van der Waals surface area contributed by atoms with Crippen LogP contribution in [0.5, 0.6) is 0 Å². The Labute approximate surface area is 845 Å². The minimum absolute atomic E-state index is 0.0668. The van der Waals surface area contributed by atoms with Gasteiger partial charge < -0.3 is 60.2 Å². The lowest BCUT2D eigenvalue weighted by Crippen LogP contribution is -2.69. The van der Waals surface area contributed by atoms with Crippen molar-refractivity contribution >= 4 is 27.5 Å². The number of carbonyl (C=O) groups excluding carboxylic acids is 2. The molecule has 24 heteroatoms. The highest BCUT2D eigenvalue weighted by Crippen LogP contribution is 2.61. The molecule has 0 bridgehead atoms. The fourth-order valence-corrected chi connectivity index (χ4v) is 18.8. The molecule has 2 fully saturated rings. The van der Waals surface area contributed by atoms with Gasteiger partial charge in [0, 0.05) is 6.92 Å². The minimum Gasteiger partial charge on any atom is -0.394 e. The van der Waals surface area contributed by atoms with Gasteiger partial charge in [0.05, 0.1) is 19.8 Å². The predicted molar refractivity (Wildman–Crippen MR) is 574 cm³/mol. The molecule has 2 amide bonds. The van der Waals surface area contributed by atoms with Crippen LogP contribution in [-0.2, 0) is 46.3 Å². The number of aliphatic hydroxyl groups is 5. The first kappa shape index (κ1) is 130. The Morgan fingerprint density at radius 2 is 0.564 bits per heavy atom. The van der Waals surface area contributed by atoms with Gasteiger partial charge in [0.15, 0.2) is 12.6 Å². The summed E-state index contributed by atoms with van der Waals surface area (Å²) in [6.07, 6.45) is 65.0. The molecule has 0 aromatic carbocycles. The molecule has 0 spiro atoms. The molecule has 140 heavy (non-hydrogen) atoms. The second-order valence-corrected chi connectivity index (χ2v) is 43.6. The van der Waals surface area contributed by atoms with Crippen molar-refractivity contribution in [1.29, 1.82) is 0 Å². The topological polar surface area (TPSA) is 289 Å². The molecule has 2 aliphatic rings. The Kier molecular flexibility index (Phi) is 68.4. The third-order valence-electron chi connectivity index (χ3n) is 26.0. The lowest BCUT2D eigenvalue weighted by atomic mass is 9.94. The largest absolute Gasteiger partial charge is 0.483 e. The highest BCUT2D eigenvalue weighted by molar-refractivity contribution is 7.61. The maximum Gasteiger partial charge on any atom is 0.483 e. The number of carbonyl (C=O) groups is 2.